The number of hydrogen-bond acceptors (Lipinski definition) is 5. The van der Waals surface area contributed by atoms with Crippen molar-refractivity contribution >= 4 is 11.7 Å². The van der Waals surface area contributed by atoms with Crippen molar-refractivity contribution in [1.29, 1.82) is 0 Å². The third-order valence-corrected chi connectivity index (χ3v) is 9.05. The minimum absolute atomic E-state index is 0.0298. The van der Waals surface area contributed by atoms with Crippen molar-refractivity contribution in [3.8, 4) is 5.75 Å². The molecule has 28 heavy (non-hydrogen) atoms. The average Bonchev–Trinajstić information content (AvgIpc) is 3.24. The fourth-order valence-electron chi connectivity index (χ4n) is 8.41. The zero-order chi connectivity index (χ0) is 19.1. The van der Waals surface area contributed by atoms with Gasteiger partial charge in [-0.15, -0.1) is 0 Å². The van der Waals surface area contributed by atoms with Crippen LogP contribution in [0.3, 0.4) is 0 Å². The first-order chi connectivity index (χ1) is 13.6. The summed E-state index contributed by atoms with van der Waals surface area (Å²) in [6.07, 6.45) is 7.45. The number of methoxy groups -OCH3 is 1. The second-order valence-corrected chi connectivity index (χ2v) is 9.81. The minimum Gasteiger partial charge on any atom is -0.495 e. The predicted octanol–water partition coefficient (Wildman–Crippen LogP) is 3.33. The number of anilines is 1. The van der Waals surface area contributed by atoms with Crippen LogP contribution in [-0.2, 0) is 14.9 Å². The molecule has 5 unspecified atom stereocenters. The van der Waals surface area contributed by atoms with Crippen LogP contribution < -0.4 is 10.1 Å². The molecule has 0 radical (unpaired) electrons. The van der Waals surface area contributed by atoms with Gasteiger partial charge in [0.05, 0.1) is 24.9 Å². The number of benzene rings is 1. The van der Waals surface area contributed by atoms with Crippen LogP contribution in [0, 0.1) is 11.3 Å². The molecule has 1 aromatic rings. The van der Waals surface area contributed by atoms with Crippen LogP contribution in [0.25, 0.3) is 0 Å². The number of nitrogens with one attached hydrogen (secondary N) is 1. The highest BCUT2D eigenvalue weighted by Crippen LogP contribution is 2.74. The second-order valence-electron chi connectivity index (χ2n) is 9.81. The Hall–Kier alpha value is -1.75. The van der Waals surface area contributed by atoms with Crippen molar-refractivity contribution in [1.82, 2.24) is 4.90 Å². The van der Waals surface area contributed by atoms with Gasteiger partial charge in [0.2, 0.25) is 0 Å². The molecule has 1 aromatic carbocycles. The summed E-state index contributed by atoms with van der Waals surface area (Å²) in [5.74, 6) is 1.15. The maximum atomic E-state index is 11.7. The number of rotatable bonds is 3. The van der Waals surface area contributed by atoms with Gasteiger partial charge in [-0.05, 0) is 68.7 Å². The predicted molar refractivity (Wildman–Crippen MR) is 107 cm³/mol. The first kappa shape index (κ1) is 17.1. The van der Waals surface area contributed by atoms with E-state index >= 15 is 0 Å². The molecule has 1 N–H and O–H groups in total. The van der Waals surface area contributed by atoms with E-state index in [1.165, 1.54) is 69.8 Å². The van der Waals surface area contributed by atoms with Gasteiger partial charge in [-0.25, -0.2) is 0 Å². The van der Waals surface area contributed by atoms with Gasteiger partial charge in [-0.2, -0.15) is 0 Å². The van der Waals surface area contributed by atoms with Gasteiger partial charge in [0.15, 0.2) is 0 Å². The van der Waals surface area contributed by atoms with Gasteiger partial charge in [-0.1, -0.05) is 12.1 Å². The van der Waals surface area contributed by atoms with E-state index in [0.29, 0.717) is 24.0 Å². The fourth-order valence-corrected chi connectivity index (χ4v) is 8.41. The van der Waals surface area contributed by atoms with Gasteiger partial charge in [0, 0.05) is 24.3 Å². The lowest BCUT2D eigenvalue weighted by Crippen LogP contribution is -2.76. The smallest absolute Gasteiger partial charge is 0.302 e. The summed E-state index contributed by atoms with van der Waals surface area (Å²) in [4.78, 5) is 14.5. The molecule has 3 aliphatic carbocycles. The second kappa shape index (κ2) is 5.44. The summed E-state index contributed by atoms with van der Waals surface area (Å²) in [6.45, 7) is 4.49. The van der Waals surface area contributed by atoms with Gasteiger partial charge in [-0.3, -0.25) is 9.69 Å². The van der Waals surface area contributed by atoms with Crippen LogP contribution in [0.15, 0.2) is 18.2 Å². The fraction of sp³-hybridized carbons (Fsp3) is 0.696. The van der Waals surface area contributed by atoms with Crippen molar-refractivity contribution in [2.45, 2.75) is 62.4 Å². The molecule has 3 heterocycles. The van der Waals surface area contributed by atoms with E-state index < -0.39 is 0 Å². The van der Waals surface area contributed by atoms with Gasteiger partial charge < -0.3 is 14.8 Å². The Balaban J connectivity index is 1.57. The molecule has 3 saturated carbocycles. The molecule has 2 saturated heterocycles. The Morgan fingerprint density at radius 3 is 2.96 bits per heavy atom. The van der Waals surface area contributed by atoms with Crippen LogP contribution in [-0.4, -0.2) is 49.3 Å². The number of carbonyl (C=O) groups is 1. The molecule has 7 rings (SSSR count). The highest BCUT2D eigenvalue weighted by Gasteiger charge is 2.78. The van der Waals surface area contributed by atoms with E-state index in [9.17, 15) is 4.79 Å². The SMILES string of the molecule is COc1cccc2c1NC13CCC4(CCCN5CCC21C54)CC3COC(C)=O. The number of esters is 1. The van der Waals surface area contributed by atoms with E-state index in [0.717, 1.165) is 5.75 Å². The Bertz CT molecular complexity index is 856. The van der Waals surface area contributed by atoms with Crippen molar-refractivity contribution in [3.05, 3.63) is 23.8 Å². The molecule has 0 aromatic heterocycles. The summed E-state index contributed by atoms with van der Waals surface area (Å²) in [6, 6.07) is 7.19. The monoisotopic (exact) mass is 382 g/mol. The first-order valence-electron chi connectivity index (χ1n) is 10.9. The molecular weight excluding hydrogens is 352 g/mol. The highest BCUT2D eigenvalue weighted by molar-refractivity contribution is 5.74. The molecule has 5 fully saturated rings. The maximum absolute atomic E-state index is 11.7. The standard InChI is InChI=1S/C23H30N2O3/c1-15(26)28-14-16-13-21-7-4-11-25-12-10-22(20(21)25)17-5-3-6-18(27-2)19(17)24-23(16,22)9-8-21/h3,5-6,16,20,24H,4,7-14H2,1-2H3. The third kappa shape index (κ3) is 1.76. The number of nitrogens with zero attached hydrogens (tertiary/aromatic N) is 1. The number of para-hydroxylation sites is 1. The Morgan fingerprint density at radius 2 is 2.14 bits per heavy atom. The summed E-state index contributed by atoms with van der Waals surface area (Å²) in [5, 5.41) is 4.04. The molecule has 6 aliphatic rings. The van der Waals surface area contributed by atoms with E-state index in [2.05, 4.69) is 28.4 Å². The summed E-state index contributed by atoms with van der Waals surface area (Å²) in [7, 11) is 1.77. The zero-order valence-electron chi connectivity index (χ0n) is 16.9. The van der Waals surface area contributed by atoms with Gasteiger partial charge in [0.1, 0.15) is 5.75 Å². The summed E-state index contributed by atoms with van der Waals surface area (Å²) in [5.41, 5.74) is 3.10. The third-order valence-electron chi connectivity index (χ3n) is 9.05. The Kier molecular flexibility index (Phi) is 3.33. The molecule has 5 nitrogen and oxygen atoms in total. The topological polar surface area (TPSA) is 50.8 Å². The number of ether oxygens (including phenoxy) is 2. The largest absolute Gasteiger partial charge is 0.495 e. The molecular formula is C23H30N2O3. The normalized spacial score (nSPS) is 42.4. The van der Waals surface area contributed by atoms with E-state index in [1.807, 2.05) is 0 Å². The number of fused-ring (bicyclic) bond motifs is 3. The summed E-state index contributed by atoms with van der Waals surface area (Å²) < 4.78 is 11.4. The first-order valence-corrected chi connectivity index (χ1v) is 10.9. The van der Waals surface area contributed by atoms with Crippen LogP contribution in [0.1, 0.15) is 51.0 Å². The summed E-state index contributed by atoms with van der Waals surface area (Å²) >= 11 is 0. The molecule has 3 spiro atoms. The van der Waals surface area contributed by atoms with Crippen molar-refractivity contribution in [2.75, 3.05) is 32.1 Å². The minimum atomic E-state index is -0.161. The molecule has 2 bridgehead atoms. The van der Waals surface area contributed by atoms with Crippen LogP contribution in [0.2, 0.25) is 0 Å². The molecule has 5 atom stereocenters. The van der Waals surface area contributed by atoms with Gasteiger partial charge in [0.25, 0.3) is 0 Å². The molecule has 150 valence electrons. The molecule has 5 heteroatoms. The molecule has 3 aliphatic heterocycles. The lowest BCUT2D eigenvalue weighted by molar-refractivity contribution is -0.158. The van der Waals surface area contributed by atoms with Crippen LogP contribution >= 0.6 is 0 Å². The van der Waals surface area contributed by atoms with E-state index in [4.69, 9.17) is 9.47 Å². The quantitative estimate of drug-likeness (QED) is 0.813. The van der Waals surface area contributed by atoms with Gasteiger partial charge >= 0.3 is 5.97 Å². The number of carbonyl (C=O) groups excluding carboxylic acids is 1. The highest BCUT2D eigenvalue weighted by atomic mass is 16.5. The maximum Gasteiger partial charge on any atom is 0.302 e. The Labute approximate surface area is 166 Å². The van der Waals surface area contributed by atoms with Crippen molar-refractivity contribution in [2.24, 2.45) is 11.3 Å². The van der Waals surface area contributed by atoms with Crippen LogP contribution in [0.5, 0.6) is 5.75 Å². The average molecular weight is 383 g/mol. The Morgan fingerprint density at radius 1 is 1.25 bits per heavy atom. The van der Waals surface area contributed by atoms with E-state index in [-0.39, 0.29) is 16.9 Å². The van der Waals surface area contributed by atoms with E-state index in [1.54, 1.807) is 7.11 Å². The van der Waals surface area contributed by atoms with Crippen LogP contribution in [0.4, 0.5) is 5.69 Å². The number of hydrogen-bond donors (Lipinski definition) is 1. The lowest BCUT2D eigenvalue weighted by atomic mass is 9.39. The lowest BCUT2D eigenvalue weighted by Gasteiger charge is -2.69. The zero-order valence-corrected chi connectivity index (χ0v) is 16.9. The van der Waals surface area contributed by atoms with Crippen molar-refractivity contribution < 1.29 is 14.3 Å². The number of piperidine rings is 1. The molecule has 0 amide bonds. The van der Waals surface area contributed by atoms with Crippen molar-refractivity contribution in [3.63, 3.8) is 0 Å².